The number of nitrogens with zero attached hydrogens (tertiary/aromatic N) is 2. The lowest BCUT2D eigenvalue weighted by molar-refractivity contribution is -0.124. The zero-order valence-electron chi connectivity index (χ0n) is 11.8. The summed E-state index contributed by atoms with van der Waals surface area (Å²) in [6.07, 6.45) is 2.82. The molecule has 1 N–H and O–H groups in total. The summed E-state index contributed by atoms with van der Waals surface area (Å²) in [5, 5.41) is 3.06. The second kappa shape index (κ2) is 5.97. The molecule has 1 unspecified atom stereocenters. The van der Waals surface area contributed by atoms with E-state index in [2.05, 4.69) is 26.2 Å². The molecule has 0 radical (unpaired) electrons. The number of amides is 1. The van der Waals surface area contributed by atoms with E-state index in [0.29, 0.717) is 18.3 Å². The molecule has 21 heavy (non-hydrogen) atoms. The number of fused-ring (bicyclic) bond motifs is 1. The summed E-state index contributed by atoms with van der Waals surface area (Å²) >= 11 is 9.37. The number of aromatic nitrogens is 2. The summed E-state index contributed by atoms with van der Waals surface area (Å²) in [6.45, 7) is 1.91. The molecule has 1 amide bonds. The molecule has 2 aromatic rings. The maximum Gasteiger partial charge on any atom is 0.243 e. The van der Waals surface area contributed by atoms with Gasteiger partial charge in [0, 0.05) is 22.8 Å². The van der Waals surface area contributed by atoms with Crippen molar-refractivity contribution >= 4 is 44.5 Å². The Morgan fingerprint density at radius 2 is 2.33 bits per heavy atom. The van der Waals surface area contributed by atoms with Gasteiger partial charge in [0.15, 0.2) is 0 Å². The van der Waals surface area contributed by atoms with Gasteiger partial charge >= 0.3 is 0 Å². The predicted octanol–water partition coefficient (Wildman–Crippen LogP) is 3.42. The van der Waals surface area contributed by atoms with Gasteiger partial charge in [0.05, 0.1) is 11.0 Å². The van der Waals surface area contributed by atoms with Crippen molar-refractivity contribution in [3.05, 3.63) is 28.5 Å². The van der Waals surface area contributed by atoms with Crippen LogP contribution in [0.15, 0.2) is 22.7 Å². The highest BCUT2D eigenvalue weighted by molar-refractivity contribution is 9.10. The van der Waals surface area contributed by atoms with Crippen molar-refractivity contribution in [1.29, 1.82) is 0 Å². The Morgan fingerprint density at radius 3 is 3.00 bits per heavy atom. The molecule has 0 saturated heterocycles. The molecule has 1 fully saturated rings. The Bertz CT molecular complexity index is 681. The van der Waals surface area contributed by atoms with Gasteiger partial charge in [0.1, 0.15) is 11.9 Å². The van der Waals surface area contributed by atoms with Crippen molar-refractivity contribution in [2.24, 2.45) is 0 Å². The third kappa shape index (κ3) is 3.09. The monoisotopic (exact) mass is 369 g/mol. The van der Waals surface area contributed by atoms with Crippen LogP contribution in [0.5, 0.6) is 0 Å². The largest absolute Gasteiger partial charge is 0.352 e. The smallest absolute Gasteiger partial charge is 0.243 e. The number of benzene rings is 1. The minimum absolute atomic E-state index is 0.0487. The van der Waals surface area contributed by atoms with Gasteiger partial charge in [-0.3, -0.25) is 4.79 Å². The molecule has 1 aromatic carbocycles. The standard InChI is InChI=1S/C15H17BrClN3O/c1-9(15(21)18-11-3-4-11)20-13-8-10(16)2-5-12(13)19-14(20)6-7-17/h2,5,8-9,11H,3-4,6-7H2,1H3,(H,18,21). The van der Waals surface area contributed by atoms with E-state index in [1.807, 2.05) is 29.7 Å². The zero-order valence-corrected chi connectivity index (χ0v) is 14.1. The Morgan fingerprint density at radius 1 is 1.57 bits per heavy atom. The Labute approximate surface area is 137 Å². The first-order valence-corrected chi connectivity index (χ1v) is 8.45. The molecule has 1 aliphatic rings. The molecule has 1 saturated carbocycles. The highest BCUT2D eigenvalue weighted by Crippen LogP contribution is 2.26. The van der Waals surface area contributed by atoms with Crippen molar-refractivity contribution in [2.45, 2.75) is 38.3 Å². The average Bonchev–Trinajstić information content (AvgIpc) is 3.19. The summed E-state index contributed by atoms with van der Waals surface area (Å²) in [6, 6.07) is 5.99. The molecule has 4 nitrogen and oxygen atoms in total. The lowest BCUT2D eigenvalue weighted by Crippen LogP contribution is -2.33. The molecule has 0 spiro atoms. The third-order valence-corrected chi connectivity index (χ3v) is 4.42. The summed E-state index contributed by atoms with van der Waals surface area (Å²) < 4.78 is 2.98. The predicted molar refractivity (Wildman–Crippen MR) is 87.7 cm³/mol. The molecule has 6 heteroatoms. The summed E-state index contributed by atoms with van der Waals surface area (Å²) in [5.74, 6) is 1.39. The first-order chi connectivity index (χ1) is 10.1. The number of aryl methyl sites for hydroxylation is 1. The van der Waals surface area contributed by atoms with Crippen LogP contribution in [0, 0.1) is 0 Å². The van der Waals surface area contributed by atoms with Crippen molar-refractivity contribution in [3.63, 3.8) is 0 Å². The van der Waals surface area contributed by atoms with Gasteiger partial charge in [0.25, 0.3) is 0 Å². The van der Waals surface area contributed by atoms with Gasteiger partial charge in [0.2, 0.25) is 5.91 Å². The molecule has 0 aliphatic heterocycles. The van der Waals surface area contributed by atoms with E-state index in [1.54, 1.807) is 0 Å². The van der Waals surface area contributed by atoms with Crippen LogP contribution in [0.1, 0.15) is 31.6 Å². The SMILES string of the molecule is CC(C(=O)NC1CC1)n1c(CCCl)nc2ccc(Br)cc21. The number of hydrogen-bond donors (Lipinski definition) is 1. The van der Waals surface area contributed by atoms with Gasteiger partial charge in [-0.1, -0.05) is 15.9 Å². The first kappa shape index (κ1) is 14.9. The van der Waals surface area contributed by atoms with E-state index in [9.17, 15) is 4.79 Å². The molecule has 1 atom stereocenters. The van der Waals surface area contributed by atoms with Crippen LogP contribution in [0.2, 0.25) is 0 Å². The van der Waals surface area contributed by atoms with Crippen LogP contribution in [0.25, 0.3) is 11.0 Å². The van der Waals surface area contributed by atoms with E-state index in [4.69, 9.17) is 11.6 Å². The number of imidazole rings is 1. The van der Waals surface area contributed by atoms with Crippen LogP contribution in [-0.2, 0) is 11.2 Å². The number of halogens is 2. The molecular weight excluding hydrogens is 354 g/mol. The molecular formula is C15H17BrClN3O. The van der Waals surface area contributed by atoms with E-state index in [-0.39, 0.29) is 11.9 Å². The first-order valence-electron chi connectivity index (χ1n) is 7.13. The Balaban J connectivity index is 2.02. The fourth-order valence-corrected chi connectivity index (χ4v) is 2.99. The minimum atomic E-state index is -0.289. The van der Waals surface area contributed by atoms with E-state index in [0.717, 1.165) is 34.2 Å². The normalized spacial score (nSPS) is 16.1. The fourth-order valence-electron chi connectivity index (χ4n) is 2.48. The fraction of sp³-hybridized carbons (Fsp3) is 0.467. The van der Waals surface area contributed by atoms with E-state index >= 15 is 0 Å². The number of carbonyl (C=O) groups is 1. The van der Waals surface area contributed by atoms with Crippen LogP contribution < -0.4 is 5.32 Å². The second-order valence-electron chi connectivity index (χ2n) is 5.43. The summed E-state index contributed by atoms with van der Waals surface area (Å²) in [4.78, 5) is 17.0. The number of carbonyl (C=O) groups excluding carboxylic acids is 1. The highest BCUT2D eigenvalue weighted by Gasteiger charge is 2.28. The second-order valence-corrected chi connectivity index (χ2v) is 6.72. The van der Waals surface area contributed by atoms with Gasteiger partial charge in [-0.2, -0.15) is 0 Å². The van der Waals surface area contributed by atoms with Crippen molar-refractivity contribution in [3.8, 4) is 0 Å². The summed E-state index contributed by atoms with van der Waals surface area (Å²) in [7, 11) is 0. The van der Waals surface area contributed by atoms with Gasteiger partial charge in [-0.25, -0.2) is 4.98 Å². The topological polar surface area (TPSA) is 46.9 Å². The van der Waals surface area contributed by atoms with Crippen LogP contribution in [0.3, 0.4) is 0 Å². The molecule has 1 aromatic heterocycles. The van der Waals surface area contributed by atoms with Crippen molar-refractivity contribution in [1.82, 2.24) is 14.9 Å². The van der Waals surface area contributed by atoms with Crippen molar-refractivity contribution < 1.29 is 4.79 Å². The lowest BCUT2D eigenvalue weighted by atomic mass is 10.2. The minimum Gasteiger partial charge on any atom is -0.352 e. The number of nitrogens with one attached hydrogen (secondary N) is 1. The number of hydrogen-bond acceptors (Lipinski definition) is 2. The molecule has 3 rings (SSSR count). The lowest BCUT2D eigenvalue weighted by Gasteiger charge is -2.17. The number of alkyl halides is 1. The zero-order chi connectivity index (χ0) is 15.0. The average molecular weight is 371 g/mol. The van der Waals surface area contributed by atoms with Gasteiger partial charge < -0.3 is 9.88 Å². The van der Waals surface area contributed by atoms with E-state index < -0.39 is 0 Å². The van der Waals surface area contributed by atoms with Crippen molar-refractivity contribution in [2.75, 3.05) is 5.88 Å². The van der Waals surface area contributed by atoms with Crippen LogP contribution in [-0.4, -0.2) is 27.4 Å². The highest BCUT2D eigenvalue weighted by atomic mass is 79.9. The maximum atomic E-state index is 12.4. The molecule has 1 heterocycles. The van der Waals surface area contributed by atoms with E-state index in [1.165, 1.54) is 0 Å². The Kier molecular flexibility index (Phi) is 4.22. The molecule has 0 bridgehead atoms. The van der Waals surface area contributed by atoms with Gasteiger partial charge in [-0.05, 0) is 38.0 Å². The number of rotatable bonds is 5. The quantitative estimate of drug-likeness (QED) is 0.820. The third-order valence-electron chi connectivity index (χ3n) is 3.73. The Hall–Kier alpha value is -1.07. The molecule has 112 valence electrons. The molecule has 1 aliphatic carbocycles. The van der Waals surface area contributed by atoms with Gasteiger partial charge in [-0.15, -0.1) is 11.6 Å². The summed E-state index contributed by atoms with van der Waals surface area (Å²) in [5.41, 5.74) is 1.85. The van der Waals surface area contributed by atoms with Crippen LogP contribution >= 0.6 is 27.5 Å². The van der Waals surface area contributed by atoms with Crippen LogP contribution in [0.4, 0.5) is 0 Å². The maximum absolute atomic E-state index is 12.4.